The van der Waals surface area contributed by atoms with Crippen molar-refractivity contribution >= 4 is 5.91 Å². The monoisotopic (exact) mass is 254 g/mol. The van der Waals surface area contributed by atoms with E-state index in [0.29, 0.717) is 24.3 Å². The molecule has 1 saturated carbocycles. The normalized spacial score (nSPS) is 21.4. The lowest BCUT2D eigenvalue weighted by Crippen LogP contribution is -2.41. The maximum Gasteiger partial charge on any atom is 0.221 e. The molecule has 0 spiro atoms. The van der Waals surface area contributed by atoms with Crippen molar-refractivity contribution in [1.82, 2.24) is 5.32 Å². The van der Waals surface area contributed by atoms with Gasteiger partial charge in [0.15, 0.2) is 0 Å². The van der Waals surface area contributed by atoms with E-state index in [1.165, 1.54) is 38.5 Å². The minimum absolute atomic E-state index is 0.0219. The molecule has 1 fully saturated rings. The molecule has 18 heavy (non-hydrogen) atoms. The van der Waals surface area contributed by atoms with E-state index in [4.69, 9.17) is 5.73 Å². The molecular weight excluding hydrogens is 224 g/mol. The van der Waals surface area contributed by atoms with E-state index < -0.39 is 0 Å². The highest BCUT2D eigenvalue weighted by Crippen LogP contribution is 2.25. The molecule has 1 unspecified atom stereocenters. The molecule has 0 saturated heterocycles. The van der Waals surface area contributed by atoms with Crippen LogP contribution in [-0.2, 0) is 4.79 Å². The van der Waals surface area contributed by atoms with E-state index in [1.807, 2.05) is 0 Å². The van der Waals surface area contributed by atoms with Crippen LogP contribution in [0, 0.1) is 11.8 Å². The van der Waals surface area contributed by atoms with E-state index in [9.17, 15) is 4.79 Å². The number of hydrogen-bond donors (Lipinski definition) is 2. The van der Waals surface area contributed by atoms with Crippen molar-refractivity contribution in [2.75, 3.05) is 0 Å². The van der Waals surface area contributed by atoms with Gasteiger partial charge in [0.1, 0.15) is 0 Å². The Bertz CT molecular complexity index is 245. The lowest BCUT2D eigenvalue weighted by Gasteiger charge is -2.24. The fourth-order valence-corrected chi connectivity index (χ4v) is 2.69. The number of carbonyl (C=O) groups excluding carboxylic acids is 1. The van der Waals surface area contributed by atoms with E-state index in [0.717, 1.165) is 0 Å². The van der Waals surface area contributed by atoms with E-state index >= 15 is 0 Å². The highest BCUT2D eigenvalue weighted by molar-refractivity contribution is 5.76. The molecule has 0 radical (unpaired) electrons. The molecule has 106 valence electrons. The molecule has 0 aromatic rings. The van der Waals surface area contributed by atoms with Crippen LogP contribution in [0.1, 0.15) is 65.7 Å². The maximum atomic E-state index is 11.9. The molecule has 1 rings (SSSR count). The topological polar surface area (TPSA) is 55.1 Å². The predicted octanol–water partition coefficient (Wildman–Crippen LogP) is 2.83. The van der Waals surface area contributed by atoms with E-state index in [-0.39, 0.29) is 11.9 Å². The minimum atomic E-state index is -0.0219. The highest BCUT2D eigenvalue weighted by atomic mass is 16.1. The van der Waals surface area contributed by atoms with Crippen molar-refractivity contribution in [3.8, 4) is 0 Å². The average molecular weight is 254 g/mol. The minimum Gasteiger partial charge on any atom is -0.353 e. The summed E-state index contributed by atoms with van der Waals surface area (Å²) < 4.78 is 0. The van der Waals surface area contributed by atoms with Crippen LogP contribution in [-0.4, -0.2) is 18.0 Å². The van der Waals surface area contributed by atoms with E-state index in [1.54, 1.807) is 0 Å². The lowest BCUT2D eigenvalue weighted by molar-refractivity contribution is -0.122. The molecule has 0 bridgehead atoms. The van der Waals surface area contributed by atoms with E-state index in [2.05, 4.69) is 26.1 Å². The molecule has 0 aromatic heterocycles. The SMILES string of the molecule is CC(C)C(N)CC(=O)N[C@@H](C)C1CCCCCC1. The van der Waals surface area contributed by atoms with Gasteiger partial charge in [0.05, 0.1) is 0 Å². The van der Waals surface area contributed by atoms with Gasteiger partial charge >= 0.3 is 0 Å². The number of carbonyl (C=O) groups is 1. The van der Waals surface area contributed by atoms with Crippen LogP contribution in [0.2, 0.25) is 0 Å². The molecule has 1 amide bonds. The van der Waals surface area contributed by atoms with Gasteiger partial charge in [-0.15, -0.1) is 0 Å². The zero-order valence-electron chi connectivity index (χ0n) is 12.2. The lowest BCUT2D eigenvalue weighted by atomic mass is 9.92. The van der Waals surface area contributed by atoms with Crippen molar-refractivity contribution in [3.05, 3.63) is 0 Å². The molecule has 3 N–H and O–H groups in total. The zero-order valence-corrected chi connectivity index (χ0v) is 12.2. The first-order chi connectivity index (χ1) is 8.50. The second-order valence-electron chi connectivity index (χ2n) is 6.22. The number of hydrogen-bond acceptors (Lipinski definition) is 2. The quantitative estimate of drug-likeness (QED) is 0.741. The maximum absolute atomic E-state index is 11.9. The zero-order chi connectivity index (χ0) is 13.5. The summed E-state index contributed by atoms with van der Waals surface area (Å²) in [5.74, 6) is 1.14. The highest BCUT2D eigenvalue weighted by Gasteiger charge is 2.21. The van der Waals surface area contributed by atoms with Crippen molar-refractivity contribution in [3.63, 3.8) is 0 Å². The summed E-state index contributed by atoms with van der Waals surface area (Å²) in [6.45, 7) is 6.27. The van der Waals surface area contributed by atoms with Crippen LogP contribution in [0.15, 0.2) is 0 Å². The third-order valence-electron chi connectivity index (χ3n) is 4.27. The number of rotatable bonds is 5. The van der Waals surface area contributed by atoms with Gasteiger partial charge in [-0.25, -0.2) is 0 Å². The fraction of sp³-hybridized carbons (Fsp3) is 0.933. The summed E-state index contributed by atoms with van der Waals surface area (Å²) in [6.07, 6.45) is 8.32. The smallest absolute Gasteiger partial charge is 0.221 e. The fourth-order valence-electron chi connectivity index (χ4n) is 2.69. The summed E-state index contributed by atoms with van der Waals surface area (Å²) in [5, 5.41) is 3.14. The third kappa shape index (κ3) is 5.38. The standard InChI is InChI=1S/C15H30N2O/c1-11(2)14(16)10-15(18)17-12(3)13-8-6-4-5-7-9-13/h11-14H,4-10,16H2,1-3H3,(H,17,18)/t12-,14?/m0/s1. The van der Waals surface area contributed by atoms with Crippen LogP contribution in [0.25, 0.3) is 0 Å². The molecule has 0 aliphatic heterocycles. The molecule has 2 atom stereocenters. The molecule has 3 nitrogen and oxygen atoms in total. The molecule has 0 heterocycles. The first-order valence-electron chi connectivity index (χ1n) is 7.55. The number of nitrogens with one attached hydrogen (secondary N) is 1. The Morgan fingerprint density at radius 2 is 1.72 bits per heavy atom. The Labute approximate surface area is 112 Å². The first-order valence-corrected chi connectivity index (χ1v) is 7.55. The van der Waals surface area contributed by atoms with Crippen molar-refractivity contribution in [2.45, 2.75) is 77.8 Å². The summed E-state index contributed by atoms with van der Waals surface area (Å²) in [7, 11) is 0. The largest absolute Gasteiger partial charge is 0.353 e. The predicted molar refractivity (Wildman–Crippen MR) is 76.2 cm³/mol. The molecule has 1 aliphatic rings. The molecule has 3 heteroatoms. The first kappa shape index (κ1) is 15.5. The van der Waals surface area contributed by atoms with Crippen LogP contribution in [0.3, 0.4) is 0 Å². The average Bonchev–Trinajstić information content (AvgIpc) is 2.56. The summed E-state index contributed by atoms with van der Waals surface area (Å²) >= 11 is 0. The summed E-state index contributed by atoms with van der Waals surface area (Å²) in [6, 6.07) is 0.279. The van der Waals surface area contributed by atoms with Gasteiger partial charge in [-0.3, -0.25) is 4.79 Å². The van der Waals surface area contributed by atoms with Crippen LogP contribution in [0.4, 0.5) is 0 Å². The second kappa shape index (κ2) is 7.78. The Kier molecular flexibility index (Phi) is 6.69. The Morgan fingerprint density at radius 1 is 1.17 bits per heavy atom. The molecular formula is C15H30N2O. The molecule has 1 aliphatic carbocycles. The van der Waals surface area contributed by atoms with Gasteiger partial charge in [0.2, 0.25) is 5.91 Å². The molecule has 0 aromatic carbocycles. The van der Waals surface area contributed by atoms with Crippen molar-refractivity contribution in [2.24, 2.45) is 17.6 Å². The van der Waals surface area contributed by atoms with Gasteiger partial charge in [-0.2, -0.15) is 0 Å². The third-order valence-corrected chi connectivity index (χ3v) is 4.27. The van der Waals surface area contributed by atoms with Gasteiger partial charge in [-0.1, -0.05) is 39.5 Å². The number of amides is 1. The summed E-state index contributed by atoms with van der Waals surface area (Å²) in [5.41, 5.74) is 5.94. The van der Waals surface area contributed by atoms with Gasteiger partial charge in [-0.05, 0) is 31.6 Å². The van der Waals surface area contributed by atoms with Gasteiger partial charge in [0, 0.05) is 18.5 Å². The Balaban J connectivity index is 2.33. The van der Waals surface area contributed by atoms with Crippen molar-refractivity contribution in [1.29, 1.82) is 0 Å². The van der Waals surface area contributed by atoms with Crippen LogP contribution < -0.4 is 11.1 Å². The number of nitrogens with two attached hydrogens (primary N) is 1. The van der Waals surface area contributed by atoms with Crippen LogP contribution in [0.5, 0.6) is 0 Å². The second-order valence-corrected chi connectivity index (χ2v) is 6.22. The Morgan fingerprint density at radius 3 is 2.22 bits per heavy atom. The summed E-state index contributed by atoms with van der Waals surface area (Å²) in [4.78, 5) is 11.9. The van der Waals surface area contributed by atoms with Gasteiger partial charge in [0.25, 0.3) is 0 Å². The van der Waals surface area contributed by atoms with Crippen molar-refractivity contribution < 1.29 is 4.79 Å². The van der Waals surface area contributed by atoms with Crippen LogP contribution >= 0.6 is 0 Å². The van der Waals surface area contributed by atoms with Gasteiger partial charge < -0.3 is 11.1 Å². The Hall–Kier alpha value is -0.570.